The predicted molar refractivity (Wildman–Crippen MR) is 122 cm³/mol. The van der Waals surface area contributed by atoms with E-state index in [1.54, 1.807) is 0 Å². The number of hydrogen-bond donors (Lipinski definition) is 4. The van der Waals surface area contributed by atoms with Crippen LogP contribution >= 0.6 is 0 Å². The maximum atomic E-state index is 12.9. The van der Waals surface area contributed by atoms with Crippen LogP contribution in [0.3, 0.4) is 0 Å². The molecule has 2 amide bonds. The molecule has 4 N–H and O–H groups in total. The number of rotatable bonds is 12. The van der Waals surface area contributed by atoms with Crippen LogP contribution < -0.4 is 10.6 Å². The van der Waals surface area contributed by atoms with Crippen LogP contribution in [0.25, 0.3) is 10.8 Å². The normalized spacial score (nSPS) is 10.7. The van der Waals surface area contributed by atoms with Crippen LogP contribution in [-0.4, -0.2) is 47.1 Å². The summed E-state index contributed by atoms with van der Waals surface area (Å²) in [5.74, 6) is -3.64. The Hall–Kier alpha value is -3.42. The first-order chi connectivity index (χ1) is 15.3. The molecule has 2 rings (SSSR count). The number of carbonyl (C=O) groups excluding carboxylic acids is 2. The molecule has 0 aromatic heterocycles. The van der Waals surface area contributed by atoms with Gasteiger partial charge in [0.05, 0.1) is 11.1 Å². The Morgan fingerprint density at radius 1 is 0.625 bits per heavy atom. The summed E-state index contributed by atoms with van der Waals surface area (Å²) in [5, 5.41) is 24.8. The Labute approximate surface area is 187 Å². The number of unbranched alkanes of at least 4 members (excludes halogenated alkanes) is 4. The quantitative estimate of drug-likeness (QED) is 0.366. The fraction of sp³-hybridized carbons (Fsp3) is 0.417. The zero-order valence-corrected chi connectivity index (χ0v) is 18.5. The number of nitrogens with one attached hydrogen (secondary N) is 2. The van der Waals surface area contributed by atoms with Gasteiger partial charge in [-0.1, -0.05) is 39.5 Å². The molecule has 0 unspecified atom stereocenters. The first-order valence-corrected chi connectivity index (χ1v) is 11.0. The fourth-order valence-electron chi connectivity index (χ4n) is 3.57. The predicted octanol–water partition coefficient (Wildman–Crippen LogP) is 4.08. The number of hydrogen-bond acceptors (Lipinski definition) is 4. The monoisotopic (exact) mass is 442 g/mol. The van der Waals surface area contributed by atoms with E-state index in [1.165, 1.54) is 12.1 Å². The smallest absolute Gasteiger partial charge is 0.336 e. The maximum absolute atomic E-state index is 12.9. The van der Waals surface area contributed by atoms with Gasteiger partial charge >= 0.3 is 11.9 Å². The number of carbonyl (C=O) groups is 4. The van der Waals surface area contributed by atoms with E-state index in [2.05, 4.69) is 10.6 Å². The van der Waals surface area contributed by atoms with Gasteiger partial charge in [0.1, 0.15) is 0 Å². The third kappa shape index (κ3) is 5.84. The van der Waals surface area contributed by atoms with E-state index in [0.717, 1.165) is 50.7 Å². The summed E-state index contributed by atoms with van der Waals surface area (Å²) in [5.41, 5.74) is -0.409. The highest BCUT2D eigenvalue weighted by atomic mass is 16.4. The van der Waals surface area contributed by atoms with Crippen LogP contribution in [-0.2, 0) is 0 Å². The molecular weight excluding hydrogens is 412 g/mol. The molecule has 2 aromatic carbocycles. The Morgan fingerprint density at radius 2 is 0.969 bits per heavy atom. The Kier molecular flexibility index (Phi) is 9.19. The van der Waals surface area contributed by atoms with Crippen molar-refractivity contribution in [2.75, 3.05) is 13.1 Å². The third-order valence-corrected chi connectivity index (χ3v) is 5.24. The third-order valence-electron chi connectivity index (χ3n) is 5.24. The van der Waals surface area contributed by atoms with E-state index >= 15 is 0 Å². The molecule has 0 saturated carbocycles. The molecule has 0 aliphatic heterocycles. The van der Waals surface area contributed by atoms with Gasteiger partial charge < -0.3 is 20.8 Å². The van der Waals surface area contributed by atoms with E-state index in [-0.39, 0.29) is 33.0 Å². The van der Waals surface area contributed by atoms with Crippen molar-refractivity contribution in [3.8, 4) is 0 Å². The molecule has 0 radical (unpaired) electrons. The number of amides is 2. The van der Waals surface area contributed by atoms with Crippen LogP contribution in [0.4, 0.5) is 0 Å². The SMILES string of the molecule is CCCCCNC(=O)c1ccc(C(=O)NCCCCC)c2c(C(=O)O)ccc(C(=O)O)c12. The van der Waals surface area contributed by atoms with Crippen molar-refractivity contribution in [3.05, 3.63) is 46.5 Å². The number of aromatic carboxylic acids is 2. The molecule has 8 nitrogen and oxygen atoms in total. The van der Waals surface area contributed by atoms with Gasteiger partial charge in [0, 0.05) is 35.0 Å². The highest BCUT2D eigenvalue weighted by Gasteiger charge is 2.25. The van der Waals surface area contributed by atoms with Gasteiger partial charge in [-0.25, -0.2) is 9.59 Å². The molecule has 0 saturated heterocycles. The summed E-state index contributed by atoms with van der Waals surface area (Å²) in [4.78, 5) is 49.5. The zero-order valence-electron chi connectivity index (χ0n) is 18.5. The lowest BCUT2D eigenvalue weighted by molar-refractivity contribution is 0.0684. The number of benzene rings is 2. The van der Waals surface area contributed by atoms with Crippen molar-refractivity contribution in [2.45, 2.75) is 52.4 Å². The molecular formula is C24H30N2O6. The van der Waals surface area contributed by atoms with E-state index in [0.29, 0.717) is 13.1 Å². The van der Waals surface area contributed by atoms with Crippen LogP contribution in [0.5, 0.6) is 0 Å². The van der Waals surface area contributed by atoms with Crippen molar-refractivity contribution < 1.29 is 29.4 Å². The molecule has 0 heterocycles. The molecule has 172 valence electrons. The summed E-state index contributed by atoms with van der Waals surface area (Å²) in [7, 11) is 0. The lowest BCUT2D eigenvalue weighted by atomic mass is 9.91. The summed E-state index contributed by atoms with van der Waals surface area (Å²) < 4.78 is 0. The van der Waals surface area contributed by atoms with Crippen molar-refractivity contribution in [1.29, 1.82) is 0 Å². The van der Waals surface area contributed by atoms with Gasteiger partial charge in [0.15, 0.2) is 0 Å². The Balaban J connectivity index is 2.63. The minimum atomic E-state index is -1.31. The largest absolute Gasteiger partial charge is 0.478 e. The summed E-state index contributed by atoms with van der Waals surface area (Å²) in [6.07, 6.45) is 5.36. The minimum absolute atomic E-state index is 0.0273. The summed E-state index contributed by atoms with van der Waals surface area (Å²) in [6, 6.07) is 5.09. The highest BCUT2D eigenvalue weighted by molar-refractivity contribution is 6.23. The molecule has 0 aliphatic carbocycles. The number of carboxylic acid groups (broad SMARTS) is 2. The molecule has 0 aliphatic rings. The number of fused-ring (bicyclic) bond motifs is 1. The minimum Gasteiger partial charge on any atom is -0.478 e. The van der Waals surface area contributed by atoms with Gasteiger partial charge in [0.2, 0.25) is 0 Å². The fourth-order valence-corrected chi connectivity index (χ4v) is 3.57. The van der Waals surface area contributed by atoms with Gasteiger partial charge in [0.25, 0.3) is 11.8 Å². The van der Waals surface area contributed by atoms with Gasteiger partial charge in [-0.15, -0.1) is 0 Å². The zero-order chi connectivity index (χ0) is 23.7. The van der Waals surface area contributed by atoms with E-state index < -0.39 is 23.8 Å². The average molecular weight is 443 g/mol. The molecule has 8 heteroatoms. The summed E-state index contributed by atoms with van der Waals surface area (Å²) in [6.45, 7) is 4.89. The van der Waals surface area contributed by atoms with Gasteiger partial charge in [-0.05, 0) is 37.1 Å². The number of carboxylic acids is 2. The molecule has 0 spiro atoms. The first kappa shape index (κ1) is 24.8. The van der Waals surface area contributed by atoms with Crippen LogP contribution in [0, 0.1) is 0 Å². The van der Waals surface area contributed by atoms with Crippen molar-refractivity contribution >= 4 is 34.5 Å². The van der Waals surface area contributed by atoms with Crippen LogP contribution in [0.2, 0.25) is 0 Å². The molecule has 0 bridgehead atoms. The van der Waals surface area contributed by atoms with Crippen molar-refractivity contribution in [3.63, 3.8) is 0 Å². The van der Waals surface area contributed by atoms with Crippen LogP contribution in [0.1, 0.15) is 93.8 Å². The molecule has 32 heavy (non-hydrogen) atoms. The first-order valence-electron chi connectivity index (χ1n) is 11.0. The lowest BCUT2D eigenvalue weighted by Gasteiger charge is -2.16. The molecule has 2 aromatic rings. The van der Waals surface area contributed by atoms with Gasteiger partial charge in [-0.3, -0.25) is 9.59 Å². The second-order valence-electron chi connectivity index (χ2n) is 7.61. The lowest BCUT2D eigenvalue weighted by Crippen LogP contribution is -2.27. The van der Waals surface area contributed by atoms with Crippen molar-refractivity contribution in [1.82, 2.24) is 10.6 Å². The topological polar surface area (TPSA) is 133 Å². The highest BCUT2D eigenvalue weighted by Crippen LogP contribution is 2.30. The Bertz CT molecular complexity index is 935. The standard InChI is InChI=1S/C24H30N2O6/c1-3-5-7-13-25-21(27)15-9-10-16(22(28)26-14-8-6-4-2)20-18(24(31)32)12-11-17(19(15)20)23(29)30/h9-12H,3-8,13-14H2,1-2H3,(H,25,27)(H,26,28)(H,29,30)(H,31,32). The van der Waals surface area contributed by atoms with Crippen LogP contribution in [0.15, 0.2) is 24.3 Å². The second kappa shape index (κ2) is 11.8. The van der Waals surface area contributed by atoms with E-state index in [4.69, 9.17) is 0 Å². The Morgan fingerprint density at radius 3 is 1.28 bits per heavy atom. The van der Waals surface area contributed by atoms with Gasteiger partial charge in [-0.2, -0.15) is 0 Å². The average Bonchev–Trinajstić information content (AvgIpc) is 2.77. The van der Waals surface area contributed by atoms with Crippen molar-refractivity contribution in [2.24, 2.45) is 0 Å². The molecule has 0 fully saturated rings. The molecule has 0 atom stereocenters. The summed E-state index contributed by atoms with van der Waals surface area (Å²) >= 11 is 0. The maximum Gasteiger partial charge on any atom is 0.336 e. The second-order valence-corrected chi connectivity index (χ2v) is 7.61. The van der Waals surface area contributed by atoms with E-state index in [9.17, 15) is 29.4 Å². The van der Waals surface area contributed by atoms with E-state index in [1.807, 2.05) is 13.8 Å².